The van der Waals surface area contributed by atoms with E-state index in [2.05, 4.69) is 0 Å². The summed E-state index contributed by atoms with van der Waals surface area (Å²) in [6.07, 6.45) is -1.64. The van der Waals surface area contributed by atoms with Crippen molar-refractivity contribution in [2.75, 3.05) is 0 Å². The van der Waals surface area contributed by atoms with Crippen LogP contribution in [0.25, 0.3) is 6.08 Å². The number of carbonyl (C=O) groups is 1. The van der Waals surface area contributed by atoms with Gasteiger partial charge in [0.2, 0.25) is 0 Å². The van der Waals surface area contributed by atoms with Gasteiger partial charge < -0.3 is 5.11 Å². The van der Waals surface area contributed by atoms with Gasteiger partial charge in [0.25, 0.3) is 0 Å². The number of carboxylic acid groups (broad SMARTS) is 1. The summed E-state index contributed by atoms with van der Waals surface area (Å²) >= 11 is 0. The Morgan fingerprint density at radius 2 is 1.86 bits per heavy atom. The molecule has 1 rings (SSSR count). The molecule has 1 N–H and O–H groups in total. The molecule has 0 fully saturated rings. The normalized spacial score (nSPS) is 16.6. The van der Waals surface area contributed by atoms with Gasteiger partial charge in [-0.15, -0.1) is 0 Å². The second-order valence-corrected chi connectivity index (χ2v) is 5.03. The molecule has 0 spiro atoms. The third-order valence-corrected chi connectivity index (χ3v) is 3.60. The van der Waals surface area contributed by atoms with Crippen molar-refractivity contribution in [3.8, 4) is 0 Å². The number of aliphatic carboxylic acids is 1. The van der Waals surface area contributed by atoms with Gasteiger partial charge in [0.15, 0.2) is 0 Å². The van der Waals surface area contributed by atoms with E-state index in [0.717, 1.165) is 5.56 Å². The third kappa shape index (κ3) is 4.92. The highest BCUT2D eigenvalue weighted by Gasteiger charge is 2.45. The van der Waals surface area contributed by atoms with E-state index >= 15 is 0 Å². The number of carboxylic acids is 1. The van der Waals surface area contributed by atoms with Crippen LogP contribution >= 0.6 is 0 Å². The van der Waals surface area contributed by atoms with Crippen LogP contribution in [0.15, 0.2) is 36.4 Å². The van der Waals surface area contributed by atoms with Crippen molar-refractivity contribution in [3.05, 3.63) is 42.0 Å². The Hall–Kier alpha value is -1.78. The quantitative estimate of drug-likeness (QED) is 0.832. The van der Waals surface area contributed by atoms with Gasteiger partial charge in [0.05, 0.1) is 11.8 Å². The fourth-order valence-corrected chi connectivity index (χ4v) is 2.32. The van der Waals surface area contributed by atoms with Crippen LogP contribution < -0.4 is 0 Å². The van der Waals surface area contributed by atoms with Crippen LogP contribution in [0.4, 0.5) is 13.2 Å². The van der Waals surface area contributed by atoms with Crippen LogP contribution in [0.5, 0.6) is 0 Å². The summed E-state index contributed by atoms with van der Waals surface area (Å²) in [6, 6.07) is 8.87. The van der Waals surface area contributed by atoms with Crippen molar-refractivity contribution in [3.63, 3.8) is 0 Å². The summed E-state index contributed by atoms with van der Waals surface area (Å²) in [5.41, 5.74) is 0.747. The first-order chi connectivity index (χ1) is 9.77. The first-order valence-electron chi connectivity index (χ1n) is 6.80. The molecule has 0 unspecified atom stereocenters. The largest absolute Gasteiger partial charge is 0.481 e. The summed E-state index contributed by atoms with van der Waals surface area (Å²) in [6.45, 7) is 2.74. The zero-order valence-corrected chi connectivity index (χ0v) is 12.0. The molecule has 5 heteroatoms. The van der Waals surface area contributed by atoms with Crippen molar-refractivity contribution in [2.24, 2.45) is 17.8 Å². The molecule has 0 radical (unpaired) electrons. The lowest BCUT2D eigenvalue weighted by atomic mass is 9.80. The molecule has 1 aromatic rings. The molecule has 21 heavy (non-hydrogen) atoms. The van der Waals surface area contributed by atoms with Crippen molar-refractivity contribution in [1.82, 2.24) is 0 Å². The zero-order chi connectivity index (χ0) is 16.0. The van der Waals surface area contributed by atoms with E-state index in [1.807, 2.05) is 0 Å². The molecule has 0 saturated carbocycles. The average molecular weight is 300 g/mol. The van der Waals surface area contributed by atoms with Crippen molar-refractivity contribution < 1.29 is 23.1 Å². The Labute approximate surface area is 122 Å². The Morgan fingerprint density at radius 3 is 2.29 bits per heavy atom. The van der Waals surface area contributed by atoms with Gasteiger partial charge in [0.1, 0.15) is 0 Å². The fraction of sp³-hybridized carbons (Fsp3) is 0.438. The average Bonchev–Trinajstić information content (AvgIpc) is 2.42. The minimum absolute atomic E-state index is 0.148. The molecular formula is C16H19F3O2. The topological polar surface area (TPSA) is 37.3 Å². The number of benzene rings is 1. The van der Waals surface area contributed by atoms with Crippen LogP contribution in [-0.4, -0.2) is 17.3 Å². The smallest absolute Gasteiger partial charge is 0.392 e. The summed E-state index contributed by atoms with van der Waals surface area (Å²) in [5, 5.41) is 9.06. The highest BCUT2D eigenvalue weighted by Crippen LogP contribution is 2.39. The molecular weight excluding hydrogens is 281 g/mol. The van der Waals surface area contributed by atoms with E-state index in [0.29, 0.717) is 0 Å². The molecule has 0 aliphatic heterocycles. The first kappa shape index (κ1) is 17.3. The van der Waals surface area contributed by atoms with Crippen molar-refractivity contribution >= 4 is 12.0 Å². The van der Waals surface area contributed by atoms with Gasteiger partial charge in [-0.1, -0.05) is 56.3 Å². The second-order valence-electron chi connectivity index (χ2n) is 5.03. The van der Waals surface area contributed by atoms with Crippen LogP contribution in [0, 0.1) is 17.8 Å². The Kier molecular flexibility index (Phi) is 6.00. The number of hydrogen-bond donors (Lipinski definition) is 1. The van der Waals surface area contributed by atoms with Gasteiger partial charge in [0, 0.05) is 5.92 Å². The van der Waals surface area contributed by atoms with Gasteiger partial charge in [-0.3, -0.25) is 4.79 Å². The Morgan fingerprint density at radius 1 is 1.29 bits per heavy atom. The van der Waals surface area contributed by atoms with Crippen LogP contribution in [0.2, 0.25) is 0 Å². The molecule has 0 heterocycles. The monoisotopic (exact) mass is 300 g/mol. The highest BCUT2D eigenvalue weighted by molar-refractivity contribution is 5.70. The number of allylic oxidation sites excluding steroid dienone is 1. The second kappa shape index (κ2) is 7.29. The Bertz CT molecular complexity index is 480. The molecule has 0 bridgehead atoms. The van der Waals surface area contributed by atoms with E-state index in [1.54, 1.807) is 36.4 Å². The molecule has 0 aliphatic rings. The number of alkyl halides is 3. The van der Waals surface area contributed by atoms with E-state index in [9.17, 15) is 18.0 Å². The molecule has 1 aromatic carbocycles. The standard InChI is InChI=1S/C16H19F3O2/c1-3-14(16(17,18)19)13(11(2)15(20)21)10-9-12-7-5-4-6-8-12/h4-11,13-14H,3H2,1-2H3,(H,20,21)/b10-9+/t11-,13-,14-/m0/s1. The lowest BCUT2D eigenvalue weighted by Crippen LogP contribution is -2.35. The maximum atomic E-state index is 13.1. The predicted molar refractivity (Wildman–Crippen MR) is 75.6 cm³/mol. The van der Waals surface area contributed by atoms with E-state index in [1.165, 1.54) is 19.9 Å². The summed E-state index contributed by atoms with van der Waals surface area (Å²) in [4.78, 5) is 11.1. The fourth-order valence-electron chi connectivity index (χ4n) is 2.32. The molecule has 0 aromatic heterocycles. The van der Waals surface area contributed by atoms with Crippen LogP contribution in [0.3, 0.4) is 0 Å². The molecule has 3 atom stereocenters. The van der Waals surface area contributed by atoms with Gasteiger partial charge >= 0.3 is 12.1 Å². The molecule has 0 amide bonds. The maximum Gasteiger partial charge on any atom is 0.392 e. The SMILES string of the molecule is CC[C@@H]([C@@H](/C=C/c1ccccc1)[C@H](C)C(=O)O)C(F)(F)F. The maximum absolute atomic E-state index is 13.1. The van der Waals surface area contributed by atoms with Crippen molar-refractivity contribution in [1.29, 1.82) is 0 Å². The van der Waals surface area contributed by atoms with E-state index in [-0.39, 0.29) is 6.42 Å². The number of halogens is 3. The van der Waals surface area contributed by atoms with E-state index in [4.69, 9.17) is 5.11 Å². The minimum atomic E-state index is -4.41. The lowest BCUT2D eigenvalue weighted by Gasteiger charge is -2.28. The molecule has 116 valence electrons. The molecule has 0 aliphatic carbocycles. The zero-order valence-electron chi connectivity index (χ0n) is 12.0. The first-order valence-corrected chi connectivity index (χ1v) is 6.80. The van der Waals surface area contributed by atoms with E-state index < -0.39 is 29.9 Å². The van der Waals surface area contributed by atoms with Gasteiger partial charge in [-0.25, -0.2) is 0 Å². The summed E-state index contributed by atoms with van der Waals surface area (Å²) in [5.74, 6) is -5.08. The van der Waals surface area contributed by atoms with Crippen LogP contribution in [-0.2, 0) is 4.79 Å². The Balaban J connectivity index is 3.08. The predicted octanol–water partition coefficient (Wildman–Crippen LogP) is 4.63. The molecule has 2 nitrogen and oxygen atoms in total. The summed E-state index contributed by atoms with van der Waals surface area (Å²) < 4.78 is 39.3. The third-order valence-electron chi connectivity index (χ3n) is 3.60. The van der Waals surface area contributed by atoms with Crippen LogP contribution in [0.1, 0.15) is 25.8 Å². The molecule has 0 saturated heterocycles. The van der Waals surface area contributed by atoms with Crippen molar-refractivity contribution in [2.45, 2.75) is 26.4 Å². The lowest BCUT2D eigenvalue weighted by molar-refractivity contribution is -0.191. The van der Waals surface area contributed by atoms with Gasteiger partial charge in [-0.2, -0.15) is 13.2 Å². The minimum Gasteiger partial charge on any atom is -0.481 e. The summed E-state index contributed by atoms with van der Waals surface area (Å²) in [7, 11) is 0. The number of rotatable bonds is 6. The van der Waals surface area contributed by atoms with Gasteiger partial charge in [-0.05, 0) is 12.0 Å². The highest BCUT2D eigenvalue weighted by atomic mass is 19.4. The number of hydrogen-bond acceptors (Lipinski definition) is 1.